The summed E-state index contributed by atoms with van der Waals surface area (Å²) in [5.41, 5.74) is 0.168. The van der Waals surface area contributed by atoms with Crippen molar-refractivity contribution in [2.75, 3.05) is 6.54 Å². The van der Waals surface area contributed by atoms with Gasteiger partial charge >= 0.3 is 7.12 Å². The number of hydrogen-bond donors (Lipinski definition) is 4. The normalized spacial score (nSPS) is 12.0. The molecule has 0 unspecified atom stereocenters. The summed E-state index contributed by atoms with van der Waals surface area (Å²) in [5.74, 6) is -1.72. The highest BCUT2D eigenvalue weighted by molar-refractivity contribution is 9.10. The molecule has 0 bridgehead atoms. The van der Waals surface area contributed by atoms with Gasteiger partial charge in [0.25, 0.3) is 5.91 Å². The summed E-state index contributed by atoms with van der Waals surface area (Å²) in [6, 6.07) is 2.87. The largest absolute Gasteiger partial charge is 0.475 e. The second-order valence-electron chi connectivity index (χ2n) is 5.65. The molecule has 24 heavy (non-hydrogen) atoms. The van der Waals surface area contributed by atoms with Crippen molar-refractivity contribution in [1.82, 2.24) is 10.6 Å². The van der Waals surface area contributed by atoms with Crippen LogP contribution in [0.4, 0.5) is 0 Å². The van der Waals surface area contributed by atoms with E-state index < -0.39 is 24.9 Å². The van der Waals surface area contributed by atoms with Gasteiger partial charge in [-0.2, -0.15) is 0 Å². The van der Waals surface area contributed by atoms with Crippen LogP contribution in [0.3, 0.4) is 0 Å². The SMILES string of the molecule is CC(C)C[C@H](NC(=O)CNC(=O)c1cc(Br)c(Cl)cc1Cl)B(O)O. The maximum atomic E-state index is 12.1. The second-order valence-corrected chi connectivity index (χ2v) is 7.31. The van der Waals surface area contributed by atoms with Crippen LogP contribution < -0.4 is 10.6 Å². The molecule has 0 saturated heterocycles. The maximum Gasteiger partial charge on any atom is 0.475 e. The fourth-order valence-electron chi connectivity index (χ4n) is 1.97. The van der Waals surface area contributed by atoms with Gasteiger partial charge in [0.1, 0.15) is 0 Å². The van der Waals surface area contributed by atoms with Gasteiger partial charge in [0, 0.05) is 4.47 Å². The summed E-state index contributed by atoms with van der Waals surface area (Å²) in [5, 5.41) is 24.0. The molecule has 4 N–H and O–H groups in total. The lowest BCUT2D eigenvalue weighted by molar-refractivity contribution is -0.120. The third kappa shape index (κ3) is 6.60. The molecule has 132 valence electrons. The summed E-state index contributed by atoms with van der Waals surface area (Å²) in [4.78, 5) is 24.0. The van der Waals surface area contributed by atoms with Crippen LogP contribution in [0.2, 0.25) is 10.0 Å². The van der Waals surface area contributed by atoms with E-state index in [4.69, 9.17) is 23.2 Å². The van der Waals surface area contributed by atoms with Crippen molar-refractivity contribution in [1.29, 1.82) is 0 Å². The van der Waals surface area contributed by atoms with Crippen molar-refractivity contribution in [2.24, 2.45) is 5.92 Å². The minimum Gasteiger partial charge on any atom is -0.426 e. The zero-order valence-electron chi connectivity index (χ0n) is 13.1. The van der Waals surface area contributed by atoms with Crippen LogP contribution in [0.5, 0.6) is 0 Å². The second kappa shape index (κ2) is 9.63. The Morgan fingerprint density at radius 3 is 2.42 bits per heavy atom. The third-order valence-corrected chi connectivity index (χ3v) is 4.61. The van der Waals surface area contributed by atoms with Gasteiger partial charge in [0.05, 0.1) is 28.1 Å². The first-order valence-corrected chi connectivity index (χ1v) is 8.75. The fourth-order valence-corrected chi connectivity index (χ4v) is 2.79. The highest BCUT2D eigenvalue weighted by Gasteiger charge is 2.26. The van der Waals surface area contributed by atoms with Crippen molar-refractivity contribution < 1.29 is 19.6 Å². The average Bonchev–Trinajstić information content (AvgIpc) is 2.47. The Kier molecular flexibility index (Phi) is 8.52. The van der Waals surface area contributed by atoms with Crippen molar-refractivity contribution in [3.63, 3.8) is 0 Å². The van der Waals surface area contributed by atoms with E-state index in [1.54, 1.807) is 0 Å². The number of benzene rings is 1. The highest BCUT2D eigenvalue weighted by atomic mass is 79.9. The Morgan fingerprint density at radius 1 is 1.25 bits per heavy atom. The summed E-state index contributed by atoms with van der Waals surface area (Å²) >= 11 is 15.0. The topological polar surface area (TPSA) is 98.7 Å². The number of halogens is 3. The summed E-state index contributed by atoms with van der Waals surface area (Å²) in [6.07, 6.45) is 0.396. The number of hydrogen-bond acceptors (Lipinski definition) is 4. The Labute approximate surface area is 159 Å². The first-order valence-electron chi connectivity index (χ1n) is 7.20. The average molecular weight is 440 g/mol. The Bertz CT molecular complexity index is 617. The van der Waals surface area contributed by atoms with Crippen LogP contribution in [0.25, 0.3) is 0 Å². The molecule has 0 aliphatic rings. The van der Waals surface area contributed by atoms with E-state index in [1.807, 2.05) is 13.8 Å². The predicted molar refractivity (Wildman–Crippen MR) is 98.1 cm³/mol. The van der Waals surface area contributed by atoms with Gasteiger partial charge in [0.2, 0.25) is 5.91 Å². The van der Waals surface area contributed by atoms with E-state index in [-0.39, 0.29) is 23.0 Å². The quantitative estimate of drug-likeness (QED) is 0.386. The molecule has 10 heteroatoms. The molecule has 0 spiro atoms. The molecule has 0 radical (unpaired) electrons. The van der Waals surface area contributed by atoms with Crippen LogP contribution in [0.1, 0.15) is 30.6 Å². The molecule has 0 aliphatic carbocycles. The lowest BCUT2D eigenvalue weighted by Crippen LogP contribution is -2.50. The van der Waals surface area contributed by atoms with E-state index >= 15 is 0 Å². The number of rotatable bonds is 7. The van der Waals surface area contributed by atoms with E-state index in [0.29, 0.717) is 15.9 Å². The molecule has 0 saturated carbocycles. The first kappa shape index (κ1) is 21.2. The van der Waals surface area contributed by atoms with E-state index in [1.165, 1.54) is 12.1 Å². The van der Waals surface area contributed by atoms with Crippen LogP contribution in [0, 0.1) is 5.92 Å². The van der Waals surface area contributed by atoms with Crippen molar-refractivity contribution >= 4 is 58.1 Å². The fraction of sp³-hybridized carbons (Fsp3) is 0.429. The molecule has 1 rings (SSSR count). The van der Waals surface area contributed by atoms with E-state index in [0.717, 1.165) is 0 Å². The molecule has 0 heterocycles. The van der Waals surface area contributed by atoms with Crippen LogP contribution in [-0.4, -0.2) is 41.5 Å². The Morgan fingerprint density at radius 2 is 1.88 bits per heavy atom. The minimum atomic E-state index is -1.67. The van der Waals surface area contributed by atoms with Gasteiger partial charge in [-0.15, -0.1) is 0 Å². The van der Waals surface area contributed by atoms with Gasteiger partial charge in [-0.3, -0.25) is 9.59 Å². The van der Waals surface area contributed by atoms with E-state index in [9.17, 15) is 19.6 Å². The molecule has 0 fully saturated rings. The first-order chi connectivity index (χ1) is 11.1. The molecule has 2 amide bonds. The third-order valence-electron chi connectivity index (χ3n) is 3.10. The molecular formula is C14H18BBrCl2N2O4. The highest BCUT2D eigenvalue weighted by Crippen LogP contribution is 2.29. The zero-order valence-corrected chi connectivity index (χ0v) is 16.2. The van der Waals surface area contributed by atoms with Gasteiger partial charge in [-0.25, -0.2) is 0 Å². The van der Waals surface area contributed by atoms with Gasteiger partial charge in [-0.05, 0) is 40.4 Å². The number of carbonyl (C=O) groups excluding carboxylic acids is 2. The van der Waals surface area contributed by atoms with Gasteiger partial charge < -0.3 is 20.7 Å². The van der Waals surface area contributed by atoms with Crippen molar-refractivity contribution in [2.45, 2.75) is 26.2 Å². The minimum absolute atomic E-state index is 0.157. The molecule has 6 nitrogen and oxygen atoms in total. The lowest BCUT2D eigenvalue weighted by atomic mass is 9.75. The Hall–Kier alpha value is -0.795. The standard InChI is InChI=1S/C14H18BBrCl2N2O4/c1-7(2)3-12(15(23)24)20-13(21)6-19-14(22)8-4-9(16)11(18)5-10(8)17/h4-5,7,12,23-24H,3,6H2,1-2H3,(H,19,22)(H,20,21)/t12-/m0/s1. The molecule has 1 atom stereocenters. The number of amides is 2. The maximum absolute atomic E-state index is 12.1. The van der Waals surface area contributed by atoms with Crippen molar-refractivity contribution in [3.05, 3.63) is 32.2 Å². The number of carbonyl (C=O) groups is 2. The summed E-state index contributed by atoms with van der Waals surface area (Å²) in [7, 11) is -1.67. The van der Waals surface area contributed by atoms with Crippen LogP contribution >= 0.6 is 39.1 Å². The molecule has 0 aliphatic heterocycles. The smallest absolute Gasteiger partial charge is 0.426 e. The summed E-state index contributed by atoms with van der Waals surface area (Å²) in [6.45, 7) is 3.46. The van der Waals surface area contributed by atoms with Crippen LogP contribution in [0.15, 0.2) is 16.6 Å². The van der Waals surface area contributed by atoms with Crippen LogP contribution in [-0.2, 0) is 4.79 Å². The molecular weight excluding hydrogens is 422 g/mol. The Balaban J connectivity index is 2.63. The number of nitrogens with one attached hydrogen (secondary N) is 2. The summed E-state index contributed by atoms with van der Waals surface area (Å²) < 4.78 is 0.503. The molecule has 1 aromatic rings. The zero-order chi connectivity index (χ0) is 18.4. The van der Waals surface area contributed by atoms with E-state index in [2.05, 4.69) is 26.6 Å². The monoisotopic (exact) mass is 438 g/mol. The lowest BCUT2D eigenvalue weighted by Gasteiger charge is -2.19. The van der Waals surface area contributed by atoms with Gasteiger partial charge in [-0.1, -0.05) is 37.0 Å². The molecule has 0 aromatic heterocycles. The van der Waals surface area contributed by atoms with Crippen molar-refractivity contribution in [3.8, 4) is 0 Å². The van der Waals surface area contributed by atoms with Gasteiger partial charge in [0.15, 0.2) is 0 Å². The predicted octanol–water partition coefficient (Wildman–Crippen LogP) is 2.03. The molecule has 1 aromatic carbocycles.